The lowest BCUT2D eigenvalue weighted by atomic mass is 10.3. The van der Waals surface area contributed by atoms with Crippen molar-refractivity contribution in [3.05, 3.63) is 28.2 Å². The van der Waals surface area contributed by atoms with Gasteiger partial charge < -0.3 is 15.4 Å². The van der Waals surface area contributed by atoms with Gasteiger partial charge in [-0.05, 0) is 18.6 Å². The molecule has 134 valence electrons. The molecule has 0 radical (unpaired) electrons. The number of anilines is 1. The van der Waals surface area contributed by atoms with Crippen LogP contribution in [0.1, 0.15) is 12.8 Å². The molecule has 1 aliphatic heterocycles. The number of imide groups is 1. The Balaban J connectivity index is 1.70. The zero-order chi connectivity index (χ0) is 18.4. The van der Waals surface area contributed by atoms with E-state index in [2.05, 4.69) is 10.6 Å². The summed E-state index contributed by atoms with van der Waals surface area (Å²) in [6.45, 7) is -0.418. The molecular weight excluding hydrogens is 373 g/mol. The molecule has 1 fully saturated rings. The number of hydrogen-bond acceptors (Lipinski definition) is 5. The molecule has 2 N–H and O–H groups in total. The second-order valence-electron chi connectivity index (χ2n) is 5.11. The Hall–Kier alpha value is -2.32. The van der Waals surface area contributed by atoms with E-state index in [1.54, 1.807) is 18.2 Å². The first kappa shape index (κ1) is 19.0. The zero-order valence-corrected chi connectivity index (χ0v) is 14.5. The molecule has 0 spiro atoms. The summed E-state index contributed by atoms with van der Waals surface area (Å²) >= 11 is 11.8. The molecule has 0 atom stereocenters. The van der Waals surface area contributed by atoms with Crippen LogP contribution in [0.2, 0.25) is 10.0 Å². The molecule has 0 saturated carbocycles. The summed E-state index contributed by atoms with van der Waals surface area (Å²) in [5, 5.41) is 5.37. The molecule has 4 amide bonds. The first-order valence-corrected chi connectivity index (χ1v) is 8.11. The summed E-state index contributed by atoms with van der Waals surface area (Å²) in [6, 6.07) is 4.27. The smallest absolute Gasteiger partial charge is 0.324 e. The van der Waals surface area contributed by atoms with Crippen LogP contribution in [0, 0.1) is 0 Å². The number of rotatable bonds is 7. The van der Waals surface area contributed by atoms with Crippen LogP contribution in [0.3, 0.4) is 0 Å². The Morgan fingerprint density at radius 2 is 1.92 bits per heavy atom. The van der Waals surface area contributed by atoms with Crippen molar-refractivity contribution in [2.24, 2.45) is 0 Å². The lowest BCUT2D eigenvalue weighted by Gasteiger charge is -2.12. The molecular formula is C15H15Cl2N3O5. The minimum absolute atomic E-state index is 0.0306. The second-order valence-corrected chi connectivity index (χ2v) is 5.93. The molecule has 2 rings (SSSR count). The van der Waals surface area contributed by atoms with Crippen LogP contribution in [0.4, 0.5) is 10.5 Å². The molecule has 1 saturated heterocycles. The first-order chi connectivity index (χ1) is 11.9. The van der Waals surface area contributed by atoms with Crippen LogP contribution >= 0.6 is 23.2 Å². The van der Waals surface area contributed by atoms with Crippen molar-refractivity contribution in [2.45, 2.75) is 12.8 Å². The summed E-state index contributed by atoms with van der Waals surface area (Å²) in [7, 11) is 0. The van der Waals surface area contributed by atoms with E-state index in [-0.39, 0.29) is 47.6 Å². The van der Waals surface area contributed by atoms with Gasteiger partial charge in [-0.25, -0.2) is 4.79 Å². The van der Waals surface area contributed by atoms with E-state index in [0.29, 0.717) is 0 Å². The molecule has 0 bridgehead atoms. The third-order valence-corrected chi connectivity index (χ3v) is 3.92. The molecule has 8 nitrogen and oxygen atoms in total. The highest BCUT2D eigenvalue weighted by Gasteiger charge is 2.27. The maximum atomic E-state index is 11.8. The average molecular weight is 388 g/mol. The van der Waals surface area contributed by atoms with Gasteiger partial charge in [0.15, 0.2) is 6.61 Å². The average Bonchev–Trinajstić information content (AvgIpc) is 2.88. The molecule has 1 aromatic carbocycles. The number of nitrogens with zero attached hydrogens (tertiary/aromatic N) is 1. The van der Waals surface area contributed by atoms with Gasteiger partial charge in [0.25, 0.3) is 5.91 Å². The lowest BCUT2D eigenvalue weighted by molar-refractivity contribution is -0.147. The number of benzene rings is 1. The van der Waals surface area contributed by atoms with Gasteiger partial charge in [-0.1, -0.05) is 29.3 Å². The normalized spacial score (nSPS) is 13.6. The minimum Gasteiger partial charge on any atom is -0.456 e. The fourth-order valence-corrected chi connectivity index (χ4v) is 2.57. The minimum atomic E-state index is -0.618. The van der Waals surface area contributed by atoms with Crippen molar-refractivity contribution in [1.29, 1.82) is 0 Å². The van der Waals surface area contributed by atoms with Gasteiger partial charge in [-0.2, -0.15) is 0 Å². The number of para-hydroxylation sites is 1. The lowest BCUT2D eigenvalue weighted by Crippen LogP contribution is -2.32. The maximum Gasteiger partial charge on any atom is 0.324 e. The number of urea groups is 1. The van der Waals surface area contributed by atoms with Crippen molar-refractivity contribution in [2.75, 3.05) is 25.0 Å². The number of ether oxygens (including phenoxy) is 1. The molecule has 10 heteroatoms. The Kier molecular flexibility index (Phi) is 6.60. The van der Waals surface area contributed by atoms with Gasteiger partial charge in [0, 0.05) is 13.0 Å². The van der Waals surface area contributed by atoms with Crippen LogP contribution in [-0.2, 0) is 19.1 Å². The number of halogens is 2. The number of carbonyl (C=O) groups is 4. The molecule has 1 aromatic rings. The summed E-state index contributed by atoms with van der Waals surface area (Å²) < 4.78 is 4.83. The van der Waals surface area contributed by atoms with E-state index in [1.165, 1.54) is 0 Å². The molecule has 1 aliphatic rings. The Morgan fingerprint density at radius 3 is 2.52 bits per heavy atom. The van der Waals surface area contributed by atoms with Crippen LogP contribution in [-0.4, -0.2) is 48.4 Å². The maximum absolute atomic E-state index is 11.8. The van der Waals surface area contributed by atoms with Gasteiger partial charge in [-0.15, -0.1) is 0 Å². The first-order valence-electron chi connectivity index (χ1n) is 7.36. The van der Waals surface area contributed by atoms with E-state index in [4.69, 9.17) is 27.9 Å². The molecule has 0 aliphatic carbocycles. The number of nitrogens with one attached hydrogen (secondary N) is 2. The fraction of sp³-hybridized carbons (Fsp3) is 0.333. The van der Waals surface area contributed by atoms with E-state index >= 15 is 0 Å². The summed E-state index contributed by atoms with van der Waals surface area (Å²) in [5.41, 5.74) is 0.241. The van der Waals surface area contributed by atoms with Gasteiger partial charge in [-0.3, -0.25) is 19.3 Å². The molecule has 1 heterocycles. The SMILES string of the molecule is O=C(COC(=O)CCCN1C(=O)CNC1=O)Nc1c(Cl)cccc1Cl. The Labute approximate surface area is 153 Å². The van der Waals surface area contributed by atoms with Crippen molar-refractivity contribution in [3.8, 4) is 0 Å². The van der Waals surface area contributed by atoms with Crippen molar-refractivity contribution >= 4 is 52.7 Å². The van der Waals surface area contributed by atoms with E-state index < -0.39 is 24.5 Å². The largest absolute Gasteiger partial charge is 0.456 e. The third-order valence-electron chi connectivity index (χ3n) is 3.29. The van der Waals surface area contributed by atoms with Gasteiger partial charge in [0.1, 0.15) is 0 Å². The predicted octanol–water partition coefficient (Wildman–Crippen LogP) is 1.81. The van der Waals surface area contributed by atoms with E-state index in [9.17, 15) is 19.2 Å². The van der Waals surface area contributed by atoms with E-state index in [0.717, 1.165) is 4.90 Å². The monoisotopic (exact) mass is 387 g/mol. The number of carbonyl (C=O) groups excluding carboxylic acids is 4. The van der Waals surface area contributed by atoms with Crippen LogP contribution < -0.4 is 10.6 Å². The fourth-order valence-electron chi connectivity index (χ4n) is 2.07. The highest BCUT2D eigenvalue weighted by Crippen LogP contribution is 2.29. The number of amides is 4. The van der Waals surface area contributed by atoms with Crippen molar-refractivity contribution in [3.63, 3.8) is 0 Å². The zero-order valence-electron chi connectivity index (χ0n) is 13.0. The summed E-state index contributed by atoms with van der Waals surface area (Å²) in [4.78, 5) is 47.1. The van der Waals surface area contributed by atoms with Crippen molar-refractivity contribution in [1.82, 2.24) is 10.2 Å². The standard InChI is InChI=1S/C15H15Cl2N3O5/c16-9-3-1-4-10(17)14(9)19-11(21)8-25-13(23)5-2-6-20-12(22)7-18-15(20)24/h1,3-4H,2,5-8H2,(H,18,24)(H,19,21). The molecule has 0 aromatic heterocycles. The predicted molar refractivity (Wildman–Crippen MR) is 90.4 cm³/mol. The highest BCUT2D eigenvalue weighted by atomic mass is 35.5. The topological polar surface area (TPSA) is 105 Å². The summed E-state index contributed by atoms with van der Waals surface area (Å²) in [6.07, 6.45) is 0.215. The Morgan fingerprint density at radius 1 is 1.24 bits per heavy atom. The quantitative estimate of drug-likeness (QED) is 0.548. The van der Waals surface area contributed by atoms with Crippen LogP contribution in [0.25, 0.3) is 0 Å². The highest BCUT2D eigenvalue weighted by molar-refractivity contribution is 6.39. The van der Waals surface area contributed by atoms with Crippen molar-refractivity contribution < 1.29 is 23.9 Å². The number of hydrogen-bond donors (Lipinski definition) is 2. The van der Waals surface area contributed by atoms with Crippen LogP contribution in [0.5, 0.6) is 0 Å². The Bertz CT molecular complexity index is 674. The summed E-state index contributed by atoms with van der Waals surface area (Å²) in [5.74, 6) is -1.54. The third kappa shape index (κ3) is 5.33. The van der Waals surface area contributed by atoms with Crippen LogP contribution in [0.15, 0.2) is 18.2 Å². The molecule has 25 heavy (non-hydrogen) atoms. The van der Waals surface area contributed by atoms with E-state index in [1.807, 2.05) is 0 Å². The second kappa shape index (κ2) is 8.68. The number of esters is 1. The van der Waals surface area contributed by atoms with Gasteiger partial charge in [0.05, 0.1) is 22.3 Å². The van der Waals surface area contributed by atoms with Gasteiger partial charge in [0.2, 0.25) is 5.91 Å². The van der Waals surface area contributed by atoms with Gasteiger partial charge >= 0.3 is 12.0 Å². The molecule has 0 unspecified atom stereocenters.